The van der Waals surface area contributed by atoms with E-state index in [0.717, 1.165) is 77.0 Å². The molecule has 0 aliphatic carbocycles. The van der Waals surface area contributed by atoms with Crippen molar-refractivity contribution >= 4 is 17.9 Å². The van der Waals surface area contributed by atoms with E-state index in [-0.39, 0.29) is 31.1 Å². The van der Waals surface area contributed by atoms with Crippen molar-refractivity contribution in [2.45, 2.75) is 354 Å². The van der Waals surface area contributed by atoms with Crippen LogP contribution >= 0.6 is 0 Å². The molecule has 0 N–H and O–H groups in total. The number of carbonyl (C=O) groups excluding carboxylic acids is 3. The van der Waals surface area contributed by atoms with E-state index in [4.69, 9.17) is 14.2 Å². The largest absolute Gasteiger partial charge is 0.462 e. The molecule has 0 aromatic carbocycles. The molecule has 1 atom stereocenters. The van der Waals surface area contributed by atoms with Gasteiger partial charge in [0, 0.05) is 19.3 Å². The van der Waals surface area contributed by atoms with Gasteiger partial charge in [0.25, 0.3) is 0 Å². The van der Waals surface area contributed by atoms with Crippen molar-refractivity contribution in [2.75, 3.05) is 13.2 Å². The van der Waals surface area contributed by atoms with Gasteiger partial charge in [0.1, 0.15) is 13.2 Å². The molecule has 0 heterocycles. The first kappa shape index (κ1) is 71.4. The van der Waals surface area contributed by atoms with E-state index in [1.54, 1.807) is 0 Å². The van der Waals surface area contributed by atoms with E-state index in [9.17, 15) is 14.4 Å². The Labute approximate surface area is 460 Å². The van der Waals surface area contributed by atoms with Gasteiger partial charge in [-0.05, 0) is 83.5 Å². The summed E-state index contributed by atoms with van der Waals surface area (Å²) < 4.78 is 16.9. The fraction of sp³-hybridized carbons (Fsp3) is 0.838. The van der Waals surface area contributed by atoms with Crippen LogP contribution < -0.4 is 0 Å². The lowest BCUT2D eigenvalue weighted by molar-refractivity contribution is -0.167. The topological polar surface area (TPSA) is 78.9 Å². The molecule has 0 saturated carbocycles. The Kier molecular flexibility index (Phi) is 60.7. The fourth-order valence-electron chi connectivity index (χ4n) is 9.62. The quantitative estimate of drug-likeness (QED) is 0.0261. The van der Waals surface area contributed by atoms with Crippen molar-refractivity contribution in [2.24, 2.45) is 0 Å². The SMILES string of the molecule is CCCCCC/C=C\C/C=C\CCCCCCCCCC(=O)OC(COC(=O)CCCCCCCCCCCCCCC)COC(=O)CCCCCCCCCCCCCCC/C=C\C/C=C\CCCCCCC. The minimum atomic E-state index is -0.776. The minimum Gasteiger partial charge on any atom is -0.462 e. The standard InChI is InChI=1S/C68H124O6/c1-4-7-10-13-16-19-22-25-27-29-31-32-33-34-35-36-37-39-40-43-46-49-52-55-58-61-67(70)73-64-65(63-72-66(69)60-57-54-51-48-45-42-24-21-18-15-12-9-6-3)74-68(71)62-59-56-53-50-47-44-41-38-30-28-26-23-20-17-14-11-8-5-2/h20,22-23,25,28-31,65H,4-19,21,24,26-27,32-64H2,1-3H3/b23-20-,25-22-,30-28-,31-29-. The van der Waals surface area contributed by atoms with Gasteiger partial charge in [0.15, 0.2) is 6.10 Å². The Bertz CT molecular complexity index is 1280. The molecule has 0 aromatic rings. The molecular formula is C68H124O6. The van der Waals surface area contributed by atoms with Gasteiger partial charge in [-0.25, -0.2) is 0 Å². The van der Waals surface area contributed by atoms with Crippen molar-refractivity contribution in [3.05, 3.63) is 48.6 Å². The summed E-state index contributed by atoms with van der Waals surface area (Å²) in [4.78, 5) is 38.3. The second-order valence-corrected chi connectivity index (χ2v) is 22.0. The van der Waals surface area contributed by atoms with Crippen LogP contribution in [0.1, 0.15) is 348 Å². The number of hydrogen-bond acceptors (Lipinski definition) is 6. The highest BCUT2D eigenvalue weighted by molar-refractivity contribution is 5.71. The summed E-state index contributed by atoms with van der Waals surface area (Å²) in [6.07, 6.45) is 78.3. The monoisotopic (exact) mass is 1040 g/mol. The lowest BCUT2D eigenvalue weighted by Crippen LogP contribution is -2.30. The van der Waals surface area contributed by atoms with E-state index < -0.39 is 6.10 Å². The van der Waals surface area contributed by atoms with Crippen LogP contribution in [-0.2, 0) is 28.6 Å². The Morgan fingerprint density at radius 1 is 0.270 bits per heavy atom. The van der Waals surface area contributed by atoms with Crippen molar-refractivity contribution in [3.63, 3.8) is 0 Å². The summed E-state index contributed by atoms with van der Waals surface area (Å²) in [5.74, 6) is -0.860. The smallest absolute Gasteiger partial charge is 0.306 e. The van der Waals surface area contributed by atoms with Crippen molar-refractivity contribution in [1.82, 2.24) is 0 Å². The Morgan fingerprint density at radius 3 is 0.757 bits per heavy atom. The van der Waals surface area contributed by atoms with Crippen LogP contribution in [-0.4, -0.2) is 37.2 Å². The lowest BCUT2D eigenvalue weighted by Gasteiger charge is -2.18. The summed E-state index contributed by atoms with van der Waals surface area (Å²) >= 11 is 0. The molecule has 0 radical (unpaired) electrons. The number of carbonyl (C=O) groups is 3. The maximum atomic E-state index is 12.9. The molecule has 6 nitrogen and oxygen atoms in total. The van der Waals surface area contributed by atoms with E-state index >= 15 is 0 Å². The molecule has 6 heteroatoms. The number of esters is 3. The van der Waals surface area contributed by atoms with Crippen LogP contribution in [0.2, 0.25) is 0 Å². The van der Waals surface area contributed by atoms with Gasteiger partial charge >= 0.3 is 17.9 Å². The molecule has 0 spiro atoms. The minimum absolute atomic E-state index is 0.0725. The summed E-state index contributed by atoms with van der Waals surface area (Å²) in [5.41, 5.74) is 0. The highest BCUT2D eigenvalue weighted by Crippen LogP contribution is 2.17. The summed E-state index contributed by atoms with van der Waals surface area (Å²) in [6, 6.07) is 0. The first-order valence-corrected chi connectivity index (χ1v) is 32.6. The van der Waals surface area contributed by atoms with Crippen LogP contribution in [0.4, 0.5) is 0 Å². The molecule has 0 aliphatic rings. The molecule has 1 unspecified atom stereocenters. The van der Waals surface area contributed by atoms with Crippen LogP contribution in [0.5, 0.6) is 0 Å². The molecule has 0 aromatic heterocycles. The lowest BCUT2D eigenvalue weighted by atomic mass is 10.0. The number of unbranched alkanes of at least 4 members (excludes halogenated alkanes) is 41. The zero-order valence-electron chi connectivity index (χ0n) is 49.6. The number of ether oxygens (including phenoxy) is 3. The predicted octanol–water partition coefficient (Wildman–Crippen LogP) is 22.2. The highest BCUT2D eigenvalue weighted by atomic mass is 16.6. The van der Waals surface area contributed by atoms with Crippen LogP contribution in [0.3, 0.4) is 0 Å². The van der Waals surface area contributed by atoms with Crippen LogP contribution in [0.15, 0.2) is 48.6 Å². The average Bonchev–Trinajstić information content (AvgIpc) is 3.40. The molecule has 0 fully saturated rings. The van der Waals surface area contributed by atoms with Gasteiger partial charge in [-0.1, -0.05) is 294 Å². The number of hydrogen-bond donors (Lipinski definition) is 0. The van der Waals surface area contributed by atoms with Gasteiger partial charge in [-0.15, -0.1) is 0 Å². The summed E-state index contributed by atoms with van der Waals surface area (Å²) in [7, 11) is 0. The number of allylic oxidation sites excluding steroid dienone is 8. The molecular weight excluding hydrogens is 913 g/mol. The number of rotatable bonds is 60. The second-order valence-electron chi connectivity index (χ2n) is 22.0. The van der Waals surface area contributed by atoms with Gasteiger partial charge in [0.05, 0.1) is 0 Å². The predicted molar refractivity (Wildman–Crippen MR) is 321 cm³/mol. The Morgan fingerprint density at radius 2 is 0.486 bits per heavy atom. The third-order valence-electron chi connectivity index (χ3n) is 14.6. The first-order chi connectivity index (χ1) is 36.5. The molecule has 0 saturated heterocycles. The summed E-state index contributed by atoms with van der Waals surface area (Å²) in [5, 5.41) is 0. The van der Waals surface area contributed by atoms with E-state index in [0.29, 0.717) is 19.3 Å². The zero-order valence-corrected chi connectivity index (χ0v) is 49.6. The van der Waals surface area contributed by atoms with Crippen molar-refractivity contribution in [1.29, 1.82) is 0 Å². The van der Waals surface area contributed by atoms with Crippen LogP contribution in [0, 0.1) is 0 Å². The Balaban J connectivity index is 4.27. The van der Waals surface area contributed by atoms with Gasteiger partial charge in [0.2, 0.25) is 0 Å². The highest BCUT2D eigenvalue weighted by Gasteiger charge is 2.19. The molecule has 0 aliphatic heterocycles. The molecule has 0 rings (SSSR count). The van der Waals surface area contributed by atoms with E-state index in [1.165, 1.54) is 231 Å². The first-order valence-electron chi connectivity index (χ1n) is 32.6. The zero-order chi connectivity index (χ0) is 53.6. The van der Waals surface area contributed by atoms with Gasteiger partial charge in [-0.2, -0.15) is 0 Å². The maximum Gasteiger partial charge on any atom is 0.306 e. The van der Waals surface area contributed by atoms with Crippen LogP contribution in [0.25, 0.3) is 0 Å². The maximum absolute atomic E-state index is 12.9. The molecule has 0 amide bonds. The fourth-order valence-corrected chi connectivity index (χ4v) is 9.62. The van der Waals surface area contributed by atoms with Gasteiger partial charge < -0.3 is 14.2 Å². The van der Waals surface area contributed by atoms with E-state index in [1.807, 2.05) is 0 Å². The third kappa shape index (κ3) is 60.2. The van der Waals surface area contributed by atoms with Crippen molar-refractivity contribution in [3.8, 4) is 0 Å². The van der Waals surface area contributed by atoms with Crippen molar-refractivity contribution < 1.29 is 28.6 Å². The second kappa shape index (κ2) is 62.9. The summed E-state index contributed by atoms with van der Waals surface area (Å²) in [6.45, 7) is 6.66. The normalized spacial score (nSPS) is 12.3. The molecule has 74 heavy (non-hydrogen) atoms. The average molecular weight is 1040 g/mol. The van der Waals surface area contributed by atoms with Gasteiger partial charge in [-0.3, -0.25) is 14.4 Å². The third-order valence-corrected chi connectivity index (χ3v) is 14.6. The molecule has 432 valence electrons. The molecule has 0 bridgehead atoms. The van der Waals surface area contributed by atoms with E-state index in [2.05, 4.69) is 69.4 Å². The Hall–Kier alpha value is -2.63.